The number of ether oxygens (including phenoxy) is 2. The van der Waals surface area contributed by atoms with Gasteiger partial charge in [0.05, 0.1) is 26.4 Å². The Morgan fingerprint density at radius 3 is 2.57 bits per heavy atom. The van der Waals surface area contributed by atoms with Crippen LogP contribution in [-0.4, -0.2) is 76.9 Å². The highest BCUT2D eigenvalue weighted by Crippen LogP contribution is 2.48. The van der Waals surface area contributed by atoms with Crippen LogP contribution in [0.5, 0.6) is 0 Å². The summed E-state index contributed by atoms with van der Waals surface area (Å²) >= 11 is 0. The maximum Gasteiger partial charge on any atom is 0.176 e. The number of aliphatic imine (C=N–C) groups is 1. The van der Waals surface area contributed by atoms with E-state index >= 15 is 0 Å². The number of benzene rings is 1. The number of anilines is 2. The van der Waals surface area contributed by atoms with E-state index in [0.29, 0.717) is 12.3 Å². The number of aliphatic hydroxyl groups is 1. The van der Waals surface area contributed by atoms with Crippen molar-refractivity contribution in [2.45, 2.75) is 26.1 Å². The van der Waals surface area contributed by atoms with Gasteiger partial charge in [0.15, 0.2) is 6.29 Å². The van der Waals surface area contributed by atoms with Gasteiger partial charge in [-0.2, -0.15) is 5.10 Å². The summed E-state index contributed by atoms with van der Waals surface area (Å²) in [6.07, 6.45) is 3.80. The van der Waals surface area contributed by atoms with Crippen molar-refractivity contribution >= 4 is 23.3 Å². The minimum Gasteiger partial charge on any atom is -0.396 e. The molecule has 2 saturated heterocycles. The summed E-state index contributed by atoms with van der Waals surface area (Å²) in [5.74, 6) is 5.70. The molecule has 8 nitrogen and oxygen atoms in total. The SMILES string of the molecule is CN(C)c1cc(N2CC(C)(CO)C2)ccc1/C(C=NCC1OCC2(CC2)CO1)=N/N. The molecule has 3 N–H and O–H groups in total. The van der Waals surface area contributed by atoms with E-state index in [-0.39, 0.29) is 23.7 Å². The molecule has 3 fully saturated rings. The van der Waals surface area contributed by atoms with Crippen molar-refractivity contribution in [3.63, 3.8) is 0 Å². The molecule has 1 aromatic rings. The monoisotopic (exact) mass is 415 g/mol. The minimum atomic E-state index is -0.297. The van der Waals surface area contributed by atoms with Crippen LogP contribution in [0.1, 0.15) is 25.3 Å². The average Bonchev–Trinajstić information content (AvgIpc) is 3.49. The molecule has 8 heteroatoms. The molecule has 2 aliphatic heterocycles. The number of nitrogens with two attached hydrogens (primary N) is 1. The highest BCUT2D eigenvalue weighted by Gasteiger charge is 2.46. The molecule has 2 heterocycles. The maximum absolute atomic E-state index is 9.51. The van der Waals surface area contributed by atoms with Gasteiger partial charge >= 0.3 is 0 Å². The van der Waals surface area contributed by atoms with Crippen LogP contribution in [0.2, 0.25) is 0 Å². The molecular weight excluding hydrogens is 382 g/mol. The van der Waals surface area contributed by atoms with Gasteiger partial charge in [-0.1, -0.05) is 6.92 Å². The van der Waals surface area contributed by atoms with Gasteiger partial charge in [-0.05, 0) is 31.0 Å². The third-order valence-electron chi connectivity index (χ3n) is 6.35. The van der Waals surface area contributed by atoms with Crippen LogP contribution in [0, 0.1) is 10.8 Å². The lowest BCUT2D eigenvalue weighted by Crippen LogP contribution is -2.56. The quantitative estimate of drug-likeness (QED) is 0.398. The minimum absolute atomic E-state index is 0.0180. The van der Waals surface area contributed by atoms with Crippen LogP contribution in [0.4, 0.5) is 11.4 Å². The first-order valence-corrected chi connectivity index (χ1v) is 10.6. The van der Waals surface area contributed by atoms with Crippen LogP contribution in [0.25, 0.3) is 0 Å². The number of hydrazone groups is 1. The largest absolute Gasteiger partial charge is 0.396 e. The number of hydrogen-bond acceptors (Lipinski definition) is 8. The van der Waals surface area contributed by atoms with Crippen molar-refractivity contribution < 1.29 is 14.6 Å². The van der Waals surface area contributed by atoms with Crippen LogP contribution in [0.3, 0.4) is 0 Å². The molecule has 0 amide bonds. The van der Waals surface area contributed by atoms with E-state index in [0.717, 1.165) is 43.2 Å². The molecule has 164 valence electrons. The second-order valence-corrected chi connectivity index (χ2v) is 9.48. The molecule has 1 aromatic carbocycles. The standard InChI is InChI=1S/C22H33N5O3/c1-21(13-28)11-27(12-21)16-4-5-17(19(8-16)26(2)3)18(25-23)9-24-10-20-29-14-22(6-7-22)15-30-20/h4-5,8-9,20,28H,6-7,10-15,23H2,1-3H3/b24-9?,25-18+. The first kappa shape index (κ1) is 21.1. The molecule has 0 atom stereocenters. The normalized spacial score (nSPS) is 23.1. The third kappa shape index (κ3) is 4.31. The van der Waals surface area contributed by atoms with E-state index in [1.807, 2.05) is 25.1 Å². The molecule has 1 spiro atoms. The van der Waals surface area contributed by atoms with Gasteiger partial charge in [-0.25, -0.2) is 0 Å². The Labute approximate surface area is 178 Å². The van der Waals surface area contributed by atoms with Crippen molar-refractivity contribution in [1.82, 2.24) is 0 Å². The molecule has 0 bridgehead atoms. The summed E-state index contributed by atoms with van der Waals surface area (Å²) in [7, 11) is 4.00. The van der Waals surface area contributed by atoms with Crippen molar-refractivity contribution in [3.05, 3.63) is 23.8 Å². The Morgan fingerprint density at radius 1 is 1.30 bits per heavy atom. The average molecular weight is 416 g/mol. The van der Waals surface area contributed by atoms with E-state index in [2.05, 4.69) is 34.1 Å². The second kappa shape index (κ2) is 8.17. The third-order valence-corrected chi connectivity index (χ3v) is 6.35. The van der Waals surface area contributed by atoms with E-state index in [1.165, 1.54) is 12.8 Å². The van der Waals surface area contributed by atoms with Crippen molar-refractivity contribution in [3.8, 4) is 0 Å². The smallest absolute Gasteiger partial charge is 0.176 e. The fourth-order valence-electron chi connectivity index (χ4n) is 4.06. The molecule has 30 heavy (non-hydrogen) atoms. The number of aliphatic hydroxyl groups excluding tert-OH is 1. The molecule has 0 radical (unpaired) electrons. The van der Waals surface area contributed by atoms with Gasteiger partial charge in [-0.15, -0.1) is 0 Å². The van der Waals surface area contributed by atoms with Crippen molar-refractivity contribution in [2.24, 2.45) is 26.8 Å². The second-order valence-electron chi connectivity index (χ2n) is 9.48. The zero-order valence-electron chi connectivity index (χ0n) is 18.2. The summed E-state index contributed by atoms with van der Waals surface area (Å²) < 4.78 is 11.6. The lowest BCUT2D eigenvalue weighted by molar-refractivity contribution is -0.201. The van der Waals surface area contributed by atoms with Gasteiger partial charge in [0, 0.05) is 61.2 Å². The summed E-state index contributed by atoms with van der Waals surface area (Å²) in [4.78, 5) is 8.80. The van der Waals surface area contributed by atoms with E-state index in [9.17, 15) is 5.11 Å². The lowest BCUT2D eigenvalue weighted by atomic mass is 9.82. The fraction of sp³-hybridized carbons (Fsp3) is 0.636. The summed E-state index contributed by atoms with van der Waals surface area (Å²) in [5, 5.41) is 13.5. The van der Waals surface area contributed by atoms with Crippen LogP contribution < -0.4 is 15.6 Å². The van der Waals surface area contributed by atoms with Gasteiger partial charge in [0.25, 0.3) is 0 Å². The van der Waals surface area contributed by atoms with Crippen LogP contribution >= 0.6 is 0 Å². The number of hydrogen-bond donors (Lipinski definition) is 2. The molecular formula is C22H33N5O3. The highest BCUT2D eigenvalue weighted by molar-refractivity contribution is 6.39. The summed E-state index contributed by atoms with van der Waals surface area (Å²) in [5.41, 5.74) is 3.95. The Kier molecular flexibility index (Phi) is 5.74. The topological polar surface area (TPSA) is 95.9 Å². The number of rotatable bonds is 7. The molecule has 4 rings (SSSR count). The van der Waals surface area contributed by atoms with Crippen molar-refractivity contribution in [2.75, 3.05) is 63.4 Å². The maximum atomic E-state index is 9.51. The van der Waals surface area contributed by atoms with Crippen LogP contribution in [0.15, 0.2) is 28.3 Å². The van der Waals surface area contributed by atoms with E-state index in [4.69, 9.17) is 15.3 Å². The van der Waals surface area contributed by atoms with Gasteiger partial charge in [0.2, 0.25) is 0 Å². The van der Waals surface area contributed by atoms with Crippen LogP contribution in [-0.2, 0) is 9.47 Å². The Bertz CT molecular complexity index is 818. The summed E-state index contributed by atoms with van der Waals surface area (Å²) in [6, 6.07) is 6.23. The summed E-state index contributed by atoms with van der Waals surface area (Å²) in [6.45, 7) is 5.96. The molecule has 0 aromatic heterocycles. The zero-order chi connectivity index (χ0) is 21.4. The first-order valence-electron chi connectivity index (χ1n) is 10.6. The predicted molar refractivity (Wildman–Crippen MR) is 120 cm³/mol. The Balaban J connectivity index is 1.43. The highest BCUT2D eigenvalue weighted by atomic mass is 16.7. The Morgan fingerprint density at radius 2 is 2.00 bits per heavy atom. The van der Waals surface area contributed by atoms with Crippen molar-refractivity contribution in [1.29, 1.82) is 0 Å². The molecule has 3 aliphatic rings. The Hall–Kier alpha value is -2.16. The molecule has 1 saturated carbocycles. The molecule has 0 unspecified atom stereocenters. The first-order chi connectivity index (χ1) is 14.4. The van der Waals surface area contributed by atoms with E-state index < -0.39 is 0 Å². The predicted octanol–water partition coefficient (Wildman–Crippen LogP) is 1.46. The fourth-order valence-corrected chi connectivity index (χ4v) is 4.06. The van der Waals surface area contributed by atoms with E-state index in [1.54, 1.807) is 6.21 Å². The number of nitrogens with zero attached hydrogens (tertiary/aromatic N) is 4. The zero-order valence-corrected chi connectivity index (χ0v) is 18.2. The van der Waals surface area contributed by atoms with Gasteiger partial charge in [-0.3, -0.25) is 4.99 Å². The van der Waals surface area contributed by atoms with Gasteiger partial charge < -0.3 is 30.2 Å². The van der Waals surface area contributed by atoms with Gasteiger partial charge in [0.1, 0.15) is 5.71 Å². The lowest BCUT2D eigenvalue weighted by Gasteiger charge is -2.48. The molecule has 1 aliphatic carbocycles.